The van der Waals surface area contributed by atoms with E-state index in [0.29, 0.717) is 0 Å². The molecule has 1 nitrogen and oxygen atoms in total. The number of hydrogen-bond acceptors (Lipinski definition) is 0. The summed E-state index contributed by atoms with van der Waals surface area (Å²) in [5.74, 6) is 0. The van der Waals surface area contributed by atoms with E-state index in [4.69, 9.17) is 0 Å². The Balaban J connectivity index is 0.00000625. The molecule has 0 amide bonds. The van der Waals surface area contributed by atoms with Gasteiger partial charge in [-0.15, -0.1) is 0 Å². The van der Waals surface area contributed by atoms with Crippen LogP contribution in [0.1, 0.15) is 129 Å². The first-order valence-electron chi connectivity index (χ1n) is 12.2. The number of hydrogen-bond donors (Lipinski definition) is 0. The lowest BCUT2D eigenvalue weighted by Gasteiger charge is -2.34. The zero-order valence-electron chi connectivity index (χ0n) is 18.4. The highest BCUT2D eigenvalue weighted by atomic mass is 79.9. The summed E-state index contributed by atoms with van der Waals surface area (Å²) in [5, 5.41) is 0. The van der Waals surface area contributed by atoms with Gasteiger partial charge in [-0.25, -0.2) is 0 Å². The number of unbranched alkanes of at least 4 members (excludes halogenated alkanes) is 14. The van der Waals surface area contributed by atoms with E-state index < -0.39 is 0 Å². The van der Waals surface area contributed by atoms with Gasteiger partial charge in [0.1, 0.15) is 0 Å². The van der Waals surface area contributed by atoms with Crippen LogP contribution in [0.2, 0.25) is 0 Å². The summed E-state index contributed by atoms with van der Waals surface area (Å²) in [6, 6.07) is 0. The fourth-order valence-corrected chi connectivity index (χ4v) is 4.73. The molecule has 2 heteroatoms. The quantitative estimate of drug-likeness (QED) is 0.214. The Morgan fingerprint density at radius 1 is 0.462 bits per heavy atom. The molecular formula is C24H50BrN. The van der Waals surface area contributed by atoms with E-state index in [0.717, 1.165) is 0 Å². The van der Waals surface area contributed by atoms with Gasteiger partial charge >= 0.3 is 0 Å². The maximum Gasteiger partial charge on any atom is 0.0788 e. The molecule has 0 aliphatic carbocycles. The van der Waals surface area contributed by atoms with Gasteiger partial charge in [-0.05, 0) is 25.7 Å². The van der Waals surface area contributed by atoms with Crippen LogP contribution in [-0.2, 0) is 0 Å². The third-order valence-corrected chi connectivity index (χ3v) is 6.49. The Labute approximate surface area is 177 Å². The van der Waals surface area contributed by atoms with E-state index in [1.807, 2.05) is 0 Å². The first kappa shape index (κ1) is 26.4. The fourth-order valence-electron chi connectivity index (χ4n) is 4.73. The second-order valence-electron chi connectivity index (χ2n) is 8.89. The Kier molecular flexibility index (Phi) is 19.1. The zero-order chi connectivity index (χ0) is 18.1. The highest BCUT2D eigenvalue weighted by Crippen LogP contribution is 2.23. The summed E-state index contributed by atoms with van der Waals surface area (Å²) >= 11 is 0. The van der Waals surface area contributed by atoms with Crippen molar-refractivity contribution < 1.29 is 21.5 Å². The van der Waals surface area contributed by atoms with E-state index in [1.165, 1.54) is 146 Å². The molecule has 1 saturated heterocycles. The van der Waals surface area contributed by atoms with Crippen molar-refractivity contribution >= 4 is 0 Å². The van der Waals surface area contributed by atoms with Crippen molar-refractivity contribution in [2.45, 2.75) is 129 Å². The predicted octanol–water partition coefficient (Wildman–Crippen LogP) is 4.88. The van der Waals surface area contributed by atoms with Crippen LogP contribution >= 0.6 is 0 Å². The van der Waals surface area contributed by atoms with Crippen LogP contribution in [-0.4, -0.2) is 30.7 Å². The molecule has 26 heavy (non-hydrogen) atoms. The zero-order valence-corrected chi connectivity index (χ0v) is 20.0. The van der Waals surface area contributed by atoms with E-state index in [2.05, 4.69) is 13.8 Å². The minimum atomic E-state index is 0. The third kappa shape index (κ3) is 13.6. The van der Waals surface area contributed by atoms with Crippen LogP contribution in [0, 0.1) is 0 Å². The van der Waals surface area contributed by atoms with Crippen molar-refractivity contribution in [1.29, 1.82) is 0 Å². The highest BCUT2D eigenvalue weighted by molar-refractivity contribution is 4.57. The molecule has 0 aromatic carbocycles. The molecule has 0 aromatic heterocycles. The summed E-state index contributed by atoms with van der Waals surface area (Å²) in [6.45, 7) is 10.6. The van der Waals surface area contributed by atoms with Gasteiger partial charge in [-0.1, -0.05) is 90.9 Å². The Morgan fingerprint density at radius 3 is 1.12 bits per heavy atom. The first-order valence-corrected chi connectivity index (χ1v) is 12.2. The van der Waals surface area contributed by atoms with Gasteiger partial charge < -0.3 is 21.5 Å². The molecule has 0 spiro atoms. The number of quaternary nitrogens is 1. The lowest BCUT2D eigenvalue weighted by Crippen LogP contribution is -3.00. The van der Waals surface area contributed by atoms with Gasteiger partial charge in [-0.3, -0.25) is 0 Å². The van der Waals surface area contributed by atoms with E-state index >= 15 is 0 Å². The monoisotopic (exact) mass is 431 g/mol. The van der Waals surface area contributed by atoms with Gasteiger partial charge in [0.05, 0.1) is 26.2 Å². The van der Waals surface area contributed by atoms with Gasteiger partial charge in [0.15, 0.2) is 0 Å². The maximum absolute atomic E-state index is 2.31. The summed E-state index contributed by atoms with van der Waals surface area (Å²) < 4.78 is 1.49. The Hall–Kier alpha value is 0.440. The summed E-state index contributed by atoms with van der Waals surface area (Å²) in [7, 11) is 0. The second kappa shape index (κ2) is 18.8. The lowest BCUT2D eigenvalue weighted by molar-refractivity contribution is -0.917. The van der Waals surface area contributed by atoms with Crippen LogP contribution in [0.15, 0.2) is 0 Å². The molecule has 0 bridgehead atoms. The molecule has 1 rings (SSSR count). The number of rotatable bonds is 18. The average Bonchev–Trinajstić information content (AvgIpc) is 3.09. The lowest BCUT2D eigenvalue weighted by atomic mass is 10.1. The molecule has 1 aliphatic rings. The van der Waals surface area contributed by atoms with Crippen molar-refractivity contribution in [3.63, 3.8) is 0 Å². The van der Waals surface area contributed by atoms with Gasteiger partial charge in [0, 0.05) is 12.8 Å². The molecule has 1 aliphatic heterocycles. The van der Waals surface area contributed by atoms with Gasteiger partial charge in [0.2, 0.25) is 0 Å². The van der Waals surface area contributed by atoms with Crippen LogP contribution in [0.4, 0.5) is 0 Å². The third-order valence-electron chi connectivity index (χ3n) is 6.49. The number of nitrogens with zero attached hydrogens (tertiary/aromatic N) is 1. The van der Waals surface area contributed by atoms with Crippen LogP contribution in [0.25, 0.3) is 0 Å². The molecule has 0 radical (unpaired) electrons. The van der Waals surface area contributed by atoms with Crippen LogP contribution < -0.4 is 17.0 Å². The molecule has 0 aromatic rings. The van der Waals surface area contributed by atoms with Crippen molar-refractivity contribution in [1.82, 2.24) is 0 Å². The topological polar surface area (TPSA) is 0 Å². The van der Waals surface area contributed by atoms with Crippen molar-refractivity contribution in [3.05, 3.63) is 0 Å². The van der Waals surface area contributed by atoms with Gasteiger partial charge in [0.25, 0.3) is 0 Å². The largest absolute Gasteiger partial charge is 1.00 e. The minimum absolute atomic E-state index is 0. The standard InChI is InChI=1S/C24H50N.BrH/c1-3-5-7-9-11-13-15-17-21-25(23-19-20-24-25)22-18-16-14-12-10-8-6-4-2;/h3-24H2,1-2H3;1H/q+1;/p-1. The minimum Gasteiger partial charge on any atom is -1.00 e. The Bertz CT molecular complexity index is 251. The molecule has 0 unspecified atom stereocenters. The van der Waals surface area contributed by atoms with Crippen molar-refractivity contribution in [2.24, 2.45) is 0 Å². The van der Waals surface area contributed by atoms with E-state index in [1.54, 1.807) is 0 Å². The van der Waals surface area contributed by atoms with Crippen LogP contribution in [0.3, 0.4) is 0 Å². The average molecular weight is 433 g/mol. The SMILES string of the molecule is CCCCCCCCCC[N+]1(CCCCCCCCCC)CCCC1.[Br-]. The molecule has 0 N–H and O–H groups in total. The summed E-state index contributed by atoms with van der Waals surface area (Å²) in [6.07, 6.45) is 26.4. The molecule has 1 fully saturated rings. The van der Waals surface area contributed by atoms with Crippen molar-refractivity contribution in [3.8, 4) is 0 Å². The molecule has 0 saturated carbocycles. The fraction of sp³-hybridized carbons (Fsp3) is 1.00. The van der Waals surface area contributed by atoms with E-state index in [-0.39, 0.29) is 17.0 Å². The number of halogens is 1. The molecule has 158 valence electrons. The smallest absolute Gasteiger partial charge is 0.0788 e. The van der Waals surface area contributed by atoms with E-state index in [9.17, 15) is 0 Å². The second-order valence-corrected chi connectivity index (χ2v) is 8.89. The number of likely N-dealkylation sites (tertiary alicyclic amines) is 1. The maximum atomic E-state index is 2.31. The summed E-state index contributed by atoms with van der Waals surface area (Å²) in [4.78, 5) is 0. The molecule has 1 heterocycles. The highest BCUT2D eigenvalue weighted by Gasteiger charge is 2.30. The Morgan fingerprint density at radius 2 is 0.769 bits per heavy atom. The summed E-state index contributed by atoms with van der Waals surface area (Å²) in [5.41, 5.74) is 0. The molecule has 0 atom stereocenters. The predicted molar refractivity (Wildman–Crippen MR) is 114 cm³/mol. The van der Waals surface area contributed by atoms with Crippen molar-refractivity contribution in [2.75, 3.05) is 26.2 Å². The van der Waals surface area contributed by atoms with Crippen LogP contribution in [0.5, 0.6) is 0 Å². The first-order chi connectivity index (χ1) is 12.3. The van der Waals surface area contributed by atoms with Gasteiger partial charge in [-0.2, -0.15) is 0 Å². The molecular weight excluding hydrogens is 382 g/mol. The normalized spacial score (nSPS) is 15.9.